The molecule has 0 radical (unpaired) electrons. The van der Waals surface area contributed by atoms with Gasteiger partial charge in [0.05, 0.1) is 11.8 Å². The molecule has 0 unspecified atom stereocenters. The maximum absolute atomic E-state index is 11.0. The van der Waals surface area contributed by atoms with Crippen LogP contribution in [0.15, 0.2) is 0 Å². The third kappa shape index (κ3) is 3.56. The number of hydrogen-bond acceptors (Lipinski definition) is 5. The highest BCUT2D eigenvalue weighted by atomic mass is 32.2. The number of anilines is 1. The number of hydrogen-bond donors (Lipinski definition) is 2. The van der Waals surface area contributed by atoms with Gasteiger partial charge in [-0.1, -0.05) is 0 Å². The van der Waals surface area contributed by atoms with E-state index in [0.717, 1.165) is 47.5 Å². The van der Waals surface area contributed by atoms with Gasteiger partial charge in [-0.15, -0.1) is 0 Å². The topological polar surface area (TPSA) is 103 Å². The predicted octanol–water partition coefficient (Wildman–Crippen LogP) is 1.27. The summed E-state index contributed by atoms with van der Waals surface area (Å²) in [7, 11) is -3.11. The van der Waals surface area contributed by atoms with Crippen molar-refractivity contribution in [1.29, 1.82) is 0 Å². The van der Waals surface area contributed by atoms with E-state index < -0.39 is 10.0 Å². The van der Waals surface area contributed by atoms with Gasteiger partial charge in [-0.2, -0.15) is 0 Å². The van der Waals surface area contributed by atoms with E-state index in [1.54, 1.807) is 0 Å². The molecule has 0 saturated heterocycles. The summed E-state index contributed by atoms with van der Waals surface area (Å²) >= 11 is 0. The number of aromatic nitrogens is 3. The molecule has 0 amide bonds. The Morgan fingerprint density at radius 1 is 1.18 bits per heavy atom. The molecule has 0 bridgehead atoms. The van der Waals surface area contributed by atoms with E-state index in [4.69, 9.17) is 5.73 Å². The third-order valence-corrected chi connectivity index (χ3v) is 4.49. The molecule has 0 aliphatic rings. The monoisotopic (exact) mass is 325 g/mol. The first-order valence-electron chi connectivity index (χ1n) is 7.25. The number of sulfonamides is 1. The Kier molecular flexibility index (Phi) is 4.72. The Balaban J connectivity index is 2.16. The normalized spacial score (nSPS) is 12.2. The van der Waals surface area contributed by atoms with Gasteiger partial charge in [0.2, 0.25) is 10.0 Å². The molecule has 22 heavy (non-hydrogen) atoms. The van der Waals surface area contributed by atoms with Gasteiger partial charge in [-0.3, -0.25) is 0 Å². The van der Waals surface area contributed by atoms with Gasteiger partial charge in [0, 0.05) is 18.8 Å². The Labute approximate surface area is 131 Å². The summed E-state index contributed by atoms with van der Waals surface area (Å²) in [4.78, 5) is 8.83. The minimum atomic E-state index is -3.11. The third-order valence-electron chi connectivity index (χ3n) is 3.76. The first-order chi connectivity index (χ1) is 10.2. The second kappa shape index (κ2) is 6.21. The highest BCUT2D eigenvalue weighted by Gasteiger charge is 2.15. The van der Waals surface area contributed by atoms with Gasteiger partial charge in [0.25, 0.3) is 0 Å². The molecule has 2 aromatic heterocycles. The van der Waals surface area contributed by atoms with Crippen molar-refractivity contribution < 1.29 is 8.42 Å². The summed E-state index contributed by atoms with van der Waals surface area (Å²) in [6.45, 7) is 7.13. The molecule has 0 aliphatic heterocycles. The van der Waals surface area contributed by atoms with Crippen LogP contribution in [0, 0.1) is 20.8 Å². The SMILES string of the molecule is Cc1nc(N)c2nc(C)n(CCCCNS(C)(=O)=O)c2c1C. The molecule has 0 aliphatic carbocycles. The summed E-state index contributed by atoms with van der Waals surface area (Å²) < 4.78 is 26.7. The maximum atomic E-state index is 11.0. The summed E-state index contributed by atoms with van der Waals surface area (Å²) in [5.41, 5.74) is 9.73. The lowest BCUT2D eigenvalue weighted by Crippen LogP contribution is -2.23. The largest absolute Gasteiger partial charge is 0.382 e. The fourth-order valence-corrected chi connectivity index (χ4v) is 3.05. The van der Waals surface area contributed by atoms with Crippen LogP contribution in [0.1, 0.15) is 29.9 Å². The summed E-state index contributed by atoms with van der Waals surface area (Å²) in [5.74, 6) is 1.35. The van der Waals surface area contributed by atoms with Gasteiger partial charge >= 0.3 is 0 Å². The lowest BCUT2D eigenvalue weighted by molar-refractivity contribution is 0.570. The first-order valence-corrected chi connectivity index (χ1v) is 9.14. The molecule has 8 heteroatoms. The van der Waals surface area contributed by atoms with Crippen molar-refractivity contribution in [3.63, 3.8) is 0 Å². The Morgan fingerprint density at radius 3 is 2.50 bits per heavy atom. The van der Waals surface area contributed by atoms with Gasteiger partial charge in [-0.05, 0) is 39.2 Å². The van der Waals surface area contributed by atoms with Crippen LogP contribution >= 0.6 is 0 Å². The standard InChI is InChI=1S/C14H23N5O2S/c1-9-10(2)17-14(15)12-13(9)19(11(3)18-12)8-6-5-7-16-22(4,20)21/h16H,5-8H2,1-4H3,(H2,15,17). The molecule has 0 atom stereocenters. The number of imidazole rings is 1. The lowest BCUT2D eigenvalue weighted by atomic mass is 10.2. The molecule has 0 fully saturated rings. The minimum Gasteiger partial charge on any atom is -0.382 e. The van der Waals surface area contributed by atoms with Crippen LogP contribution in [-0.2, 0) is 16.6 Å². The molecule has 2 rings (SSSR count). The van der Waals surface area contributed by atoms with Crippen molar-refractivity contribution in [3.8, 4) is 0 Å². The minimum absolute atomic E-state index is 0.451. The summed E-state index contributed by atoms with van der Waals surface area (Å²) in [5, 5.41) is 0. The first kappa shape index (κ1) is 16.7. The molecule has 7 nitrogen and oxygen atoms in total. The zero-order chi connectivity index (χ0) is 16.5. The molecular weight excluding hydrogens is 302 g/mol. The zero-order valence-electron chi connectivity index (χ0n) is 13.5. The van der Waals surface area contributed by atoms with Crippen LogP contribution in [0.2, 0.25) is 0 Å². The number of nitrogens with two attached hydrogens (primary N) is 1. The second-order valence-corrected chi connectivity index (χ2v) is 7.42. The van der Waals surface area contributed by atoms with Gasteiger partial charge in [0.1, 0.15) is 11.3 Å². The smallest absolute Gasteiger partial charge is 0.208 e. The fraction of sp³-hybridized carbons (Fsp3) is 0.571. The molecule has 3 N–H and O–H groups in total. The number of unbranched alkanes of at least 4 members (excludes halogenated alkanes) is 1. The number of nitrogens with zero attached hydrogens (tertiary/aromatic N) is 3. The number of rotatable bonds is 6. The van der Waals surface area contributed by atoms with E-state index in [-0.39, 0.29) is 0 Å². The van der Waals surface area contributed by atoms with Crippen LogP contribution in [0.5, 0.6) is 0 Å². The number of nitrogen functional groups attached to an aromatic ring is 1. The number of aryl methyl sites for hydroxylation is 4. The van der Waals surface area contributed by atoms with Crippen LogP contribution in [0.25, 0.3) is 11.0 Å². The Bertz CT molecular complexity index is 795. The quantitative estimate of drug-likeness (QED) is 0.779. The van der Waals surface area contributed by atoms with E-state index in [1.165, 1.54) is 6.26 Å². The lowest BCUT2D eigenvalue weighted by Gasteiger charge is -2.10. The van der Waals surface area contributed by atoms with Crippen molar-refractivity contribution in [3.05, 3.63) is 17.1 Å². The Hall–Kier alpha value is -1.67. The van der Waals surface area contributed by atoms with Crippen LogP contribution in [0.4, 0.5) is 5.82 Å². The van der Waals surface area contributed by atoms with Crippen molar-refractivity contribution in [1.82, 2.24) is 19.3 Å². The summed E-state index contributed by atoms with van der Waals surface area (Å²) in [6, 6.07) is 0. The van der Waals surface area contributed by atoms with Gasteiger partial charge < -0.3 is 10.3 Å². The Morgan fingerprint density at radius 2 is 1.86 bits per heavy atom. The molecule has 0 aromatic carbocycles. The van der Waals surface area contributed by atoms with Crippen LogP contribution in [0.3, 0.4) is 0 Å². The predicted molar refractivity (Wildman–Crippen MR) is 88.2 cm³/mol. The highest BCUT2D eigenvalue weighted by Crippen LogP contribution is 2.26. The molecule has 0 saturated carbocycles. The van der Waals surface area contributed by atoms with E-state index >= 15 is 0 Å². The number of fused-ring (bicyclic) bond motifs is 1. The molecule has 122 valence electrons. The van der Waals surface area contributed by atoms with Gasteiger partial charge in [-0.25, -0.2) is 23.1 Å². The van der Waals surface area contributed by atoms with Gasteiger partial charge in [0.15, 0.2) is 5.82 Å². The van der Waals surface area contributed by atoms with Crippen molar-refractivity contribution >= 4 is 26.9 Å². The van der Waals surface area contributed by atoms with E-state index in [1.807, 2.05) is 20.8 Å². The number of nitrogens with one attached hydrogen (secondary N) is 1. The average Bonchev–Trinajstić information content (AvgIpc) is 2.72. The van der Waals surface area contributed by atoms with Crippen LogP contribution in [-0.4, -0.2) is 35.8 Å². The van der Waals surface area contributed by atoms with Crippen molar-refractivity contribution in [2.75, 3.05) is 18.5 Å². The van der Waals surface area contributed by atoms with E-state index in [9.17, 15) is 8.42 Å². The second-order valence-electron chi connectivity index (χ2n) is 5.59. The average molecular weight is 325 g/mol. The fourth-order valence-electron chi connectivity index (χ4n) is 2.54. The molecule has 2 heterocycles. The summed E-state index contributed by atoms with van der Waals surface area (Å²) in [6.07, 6.45) is 2.79. The van der Waals surface area contributed by atoms with Crippen molar-refractivity contribution in [2.45, 2.75) is 40.2 Å². The maximum Gasteiger partial charge on any atom is 0.208 e. The van der Waals surface area contributed by atoms with Crippen molar-refractivity contribution in [2.24, 2.45) is 0 Å². The zero-order valence-corrected chi connectivity index (χ0v) is 14.3. The van der Waals surface area contributed by atoms with Crippen LogP contribution < -0.4 is 10.5 Å². The molecular formula is C14H23N5O2S. The van der Waals surface area contributed by atoms with E-state index in [0.29, 0.717) is 12.4 Å². The highest BCUT2D eigenvalue weighted by molar-refractivity contribution is 7.88. The number of pyridine rings is 1. The molecule has 2 aromatic rings. The molecule has 0 spiro atoms. The van der Waals surface area contributed by atoms with E-state index in [2.05, 4.69) is 19.3 Å².